The summed E-state index contributed by atoms with van der Waals surface area (Å²) < 4.78 is 4.99. The molecule has 0 saturated carbocycles. The van der Waals surface area contributed by atoms with Gasteiger partial charge in [-0.15, -0.1) is 24.8 Å². The number of allylic oxidation sites excluding steroid dienone is 4. The first-order chi connectivity index (χ1) is 26.3. The number of rotatable bonds is 4. The number of fused-ring (bicyclic) bond motifs is 5. The molecule has 0 N–H and O–H groups in total. The van der Waals surface area contributed by atoms with Crippen molar-refractivity contribution >= 4 is 52.8 Å². The maximum absolute atomic E-state index is 3.09. The van der Waals surface area contributed by atoms with Gasteiger partial charge in [0.2, 0.25) is 0 Å². The van der Waals surface area contributed by atoms with E-state index in [1.807, 2.05) is 0 Å². The first kappa shape index (κ1) is 44.2. The third-order valence-corrected chi connectivity index (χ3v) is 19.9. The molecule has 2 aliphatic rings. The Hall–Kier alpha value is -3.35. The standard InChI is InChI=1S/C29H41.C21H14.C5H5.2ClH.Zr/c1-26(2,3)22-14-18-13-19-15-23(27(4,5)6)25(29(10,11)12)17-21(19)20(18)16-24(22)28(7,8)9;1-3-7-20-14-16(9-11-18(20)5-1)13-17-10-12-19-6-2-4-8-21(19)15-17;1-2-4-5-3-1;;;/h14,16-17H,13H2,1-12H3;1-12,14-15H;1-3H,4H2;2*1H;. The first-order valence-electron chi connectivity index (χ1n) is 20.8. The fourth-order valence-corrected chi connectivity index (χ4v) is 18.5. The number of halogens is 2. The maximum Gasteiger partial charge on any atom is -0.147 e. The summed E-state index contributed by atoms with van der Waals surface area (Å²) in [7, 11) is 0. The van der Waals surface area contributed by atoms with E-state index in [4.69, 9.17) is 0 Å². The summed E-state index contributed by atoms with van der Waals surface area (Å²) in [6, 6.07) is 40.3. The summed E-state index contributed by atoms with van der Waals surface area (Å²) in [6.45, 7) is 29.2. The Bertz CT molecular complexity index is 2580. The number of benzene rings is 6. The molecule has 0 saturated heterocycles. The number of hydrogen-bond acceptors (Lipinski definition) is 0. The van der Waals surface area contributed by atoms with Crippen LogP contribution in [0.15, 0.2) is 125 Å². The van der Waals surface area contributed by atoms with Crippen molar-refractivity contribution in [2.24, 2.45) is 0 Å². The Balaban J connectivity index is 0.00000283. The number of hydrogen-bond donors (Lipinski definition) is 0. The average Bonchev–Trinajstić information content (AvgIpc) is 3.79. The van der Waals surface area contributed by atoms with Crippen LogP contribution in [0, 0.1) is 0 Å². The molecule has 0 unspecified atom stereocenters. The summed E-state index contributed by atoms with van der Waals surface area (Å²) >= 11 is -3.09. The zero-order chi connectivity index (χ0) is 39.9. The van der Waals surface area contributed by atoms with Crippen LogP contribution < -0.4 is 3.27 Å². The monoisotopic (exact) mass is 882 g/mol. The van der Waals surface area contributed by atoms with Gasteiger partial charge in [-0.3, -0.25) is 0 Å². The van der Waals surface area contributed by atoms with E-state index in [1.165, 1.54) is 66.1 Å². The minimum Gasteiger partial charge on any atom is -0.147 e. The van der Waals surface area contributed by atoms with Gasteiger partial charge in [-0.2, -0.15) is 0 Å². The molecule has 3 heteroatoms. The molecule has 0 bridgehead atoms. The SMILES string of the molecule is CC(C)(C)c1cc2c(cc1C(C)(C)C)-c1cc(C(C)(C)C)c(C(C)(C)C)[c]([Zr]([C]3=CC=CC3)=[C](c3ccc4ccccc4c3)c3ccc4ccccc4c3)c1C2.Cl.Cl. The molecule has 0 radical (unpaired) electrons. The zero-order valence-corrected chi connectivity index (χ0v) is 40.9. The van der Waals surface area contributed by atoms with E-state index in [0.717, 1.165) is 12.8 Å². The van der Waals surface area contributed by atoms with Gasteiger partial charge in [0.15, 0.2) is 0 Å². The van der Waals surface area contributed by atoms with Crippen molar-refractivity contribution < 1.29 is 21.3 Å². The fourth-order valence-electron chi connectivity index (χ4n) is 9.49. The van der Waals surface area contributed by atoms with Crippen LogP contribution in [0.4, 0.5) is 0 Å². The second-order valence-corrected chi connectivity index (χ2v) is 26.5. The van der Waals surface area contributed by atoms with Gasteiger partial charge in [0.05, 0.1) is 0 Å². The van der Waals surface area contributed by atoms with Crippen molar-refractivity contribution in [2.75, 3.05) is 0 Å². The van der Waals surface area contributed by atoms with Gasteiger partial charge < -0.3 is 0 Å². The quantitative estimate of drug-likeness (QED) is 0.165. The summed E-state index contributed by atoms with van der Waals surface area (Å²) in [4.78, 5) is 0. The van der Waals surface area contributed by atoms with Gasteiger partial charge in [-0.25, -0.2) is 0 Å². The van der Waals surface area contributed by atoms with E-state index in [2.05, 4.69) is 204 Å². The minimum absolute atomic E-state index is 0. The molecule has 2 aliphatic carbocycles. The smallest absolute Gasteiger partial charge is 0.147 e. The van der Waals surface area contributed by atoms with E-state index < -0.39 is 21.3 Å². The van der Waals surface area contributed by atoms with Crippen LogP contribution >= 0.6 is 24.8 Å². The summed E-state index contributed by atoms with van der Waals surface area (Å²) in [5.74, 6) is 0. The Kier molecular flexibility index (Phi) is 12.1. The van der Waals surface area contributed by atoms with Crippen LogP contribution in [0.3, 0.4) is 0 Å². The maximum atomic E-state index is 2.65. The Morgan fingerprint density at radius 2 is 0.983 bits per heavy atom. The molecular weight excluding hydrogens is 823 g/mol. The third kappa shape index (κ3) is 8.11. The van der Waals surface area contributed by atoms with Gasteiger partial charge in [-0.1, -0.05) is 0 Å². The second kappa shape index (κ2) is 15.9. The molecule has 8 rings (SSSR count). The van der Waals surface area contributed by atoms with Gasteiger partial charge in [0, 0.05) is 0 Å². The molecule has 0 spiro atoms. The Morgan fingerprint density at radius 3 is 1.45 bits per heavy atom. The largest absolute Gasteiger partial charge is 0.147 e. The van der Waals surface area contributed by atoms with Crippen LogP contribution in [0.5, 0.6) is 0 Å². The summed E-state index contributed by atoms with van der Waals surface area (Å²) in [5, 5.41) is 5.22. The second-order valence-electron chi connectivity index (χ2n) is 20.6. The van der Waals surface area contributed by atoms with Crippen LogP contribution in [0.25, 0.3) is 32.7 Å². The third-order valence-electron chi connectivity index (χ3n) is 12.2. The topological polar surface area (TPSA) is 0 Å². The van der Waals surface area contributed by atoms with Crippen molar-refractivity contribution in [3.05, 3.63) is 169 Å². The fraction of sp³-hybridized carbons (Fsp3) is 0.327. The van der Waals surface area contributed by atoms with E-state index in [-0.39, 0.29) is 46.5 Å². The van der Waals surface area contributed by atoms with Crippen molar-refractivity contribution in [3.63, 3.8) is 0 Å². The minimum atomic E-state index is -3.09. The average molecular weight is 885 g/mol. The van der Waals surface area contributed by atoms with Crippen molar-refractivity contribution in [2.45, 2.75) is 118 Å². The van der Waals surface area contributed by atoms with Gasteiger partial charge in [0.1, 0.15) is 0 Å². The Morgan fingerprint density at radius 1 is 0.500 bits per heavy atom. The van der Waals surface area contributed by atoms with Crippen LogP contribution in [-0.4, -0.2) is 3.21 Å². The molecule has 0 aromatic heterocycles. The van der Waals surface area contributed by atoms with E-state index >= 15 is 0 Å². The van der Waals surface area contributed by atoms with Gasteiger partial charge in [-0.05, 0) is 0 Å². The summed E-state index contributed by atoms with van der Waals surface area (Å²) in [5.41, 5.74) is 14.9. The molecule has 0 aliphatic heterocycles. The zero-order valence-electron chi connectivity index (χ0n) is 36.8. The molecule has 0 atom stereocenters. The molecule has 6 aromatic rings. The first-order valence-corrected chi connectivity index (χ1v) is 24.5. The van der Waals surface area contributed by atoms with E-state index in [0.29, 0.717) is 0 Å². The molecular formula is C55H62Cl2Zr. The normalized spacial score (nSPS) is 13.8. The van der Waals surface area contributed by atoms with Crippen LogP contribution in [0.1, 0.15) is 134 Å². The molecule has 58 heavy (non-hydrogen) atoms. The molecule has 0 fully saturated rings. The molecule has 0 amide bonds. The van der Waals surface area contributed by atoms with E-state index in [1.54, 1.807) is 20.9 Å². The predicted octanol–water partition coefficient (Wildman–Crippen LogP) is 15.0. The predicted molar refractivity (Wildman–Crippen MR) is 257 cm³/mol. The van der Waals surface area contributed by atoms with E-state index in [9.17, 15) is 0 Å². The molecule has 0 nitrogen and oxygen atoms in total. The van der Waals surface area contributed by atoms with Crippen LogP contribution in [-0.2, 0) is 49.3 Å². The van der Waals surface area contributed by atoms with Gasteiger partial charge >= 0.3 is 347 Å². The van der Waals surface area contributed by atoms with Crippen molar-refractivity contribution in [1.29, 1.82) is 0 Å². The van der Waals surface area contributed by atoms with Crippen LogP contribution in [0.2, 0.25) is 0 Å². The summed E-state index contributed by atoms with van der Waals surface area (Å²) in [6.07, 6.45) is 9.32. The molecule has 300 valence electrons. The Labute approximate surface area is 369 Å². The van der Waals surface area contributed by atoms with Gasteiger partial charge in [0.25, 0.3) is 0 Å². The molecule has 6 aromatic carbocycles. The van der Waals surface area contributed by atoms with Crippen molar-refractivity contribution in [3.8, 4) is 11.1 Å². The van der Waals surface area contributed by atoms with Crippen molar-refractivity contribution in [1.82, 2.24) is 0 Å². The molecule has 0 heterocycles.